The van der Waals surface area contributed by atoms with Gasteiger partial charge in [-0.25, -0.2) is 0 Å². The van der Waals surface area contributed by atoms with E-state index in [0.717, 1.165) is 24.5 Å². The highest BCUT2D eigenvalue weighted by Gasteiger charge is 2.31. The van der Waals surface area contributed by atoms with Crippen LogP contribution in [0.25, 0.3) is 11.1 Å². The zero-order valence-corrected chi connectivity index (χ0v) is 11.7. The SMILES string of the molecule is FC(F)(F)Cn1cc(-c2cc(C(F)(F)F)ccc2Br)cn1. The molecule has 1 heterocycles. The molecule has 0 aliphatic carbocycles. The van der Waals surface area contributed by atoms with Crippen LogP contribution in [0.4, 0.5) is 26.3 Å². The molecule has 0 saturated heterocycles. The Hall–Kier alpha value is -1.51. The average molecular weight is 373 g/mol. The van der Waals surface area contributed by atoms with Gasteiger partial charge in [0.15, 0.2) is 0 Å². The molecule has 0 fully saturated rings. The van der Waals surface area contributed by atoms with Crippen LogP contribution < -0.4 is 0 Å². The van der Waals surface area contributed by atoms with E-state index in [1.54, 1.807) is 0 Å². The molecule has 0 N–H and O–H groups in total. The summed E-state index contributed by atoms with van der Waals surface area (Å²) >= 11 is 3.08. The second-order valence-electron chi connectivity index (χ2n) is 4.23. The van der Waals surface area contributed by atoms with E-state index in [4.69, 9.17) is 0 Å². The van der Waals surface area contributed by atoms with Gasteiger partial charge in [-0.15, -0.1) is 0 Å². The first-order valence-corrected chi connectivity index (χ1v) is 6.32. The Morgan fingerprint density at radius 1 is 1.10 bits per heavy atom. The zero-order valence-electron chi connectivity index (χ0n) is 10.1. The molecule has 0 bridgehead atoms. The Balaban J connectivity index is 2.38. The minimum Gasteiger partial charge on any atom is -0.263 e. The summed E-state index contributed by atoms with van der Waals surface area (Å²) in [6.45, 7) is -1.30. The van der Waals surface area contributed by atoms with Crippen LogP contribution in [0.15, 0.2) is 35.1 Å². The number of benzene rings is 1. The predicted octanol–water partition coefficient (Wildman–Crippen LogP) is 4.89. The molecule has 0 unspecified atom stereocenters. The van der Waals surface area contributed by atoms with Crippen molar-refractivity contribution in [1.82, 2.24) is 9.78 Å². The third-order valence-electron chi connectivity index (χ3n) is 2.58. The van der Waals surface area contributed by atoms with Crippen LogP contribution >= 0.6 is 15.9 Å². The summed E-state index contributed by atoms with van der Waals surface area (Å²) in [6, 6.07) is 2.94. The fourth-order valence-corrected chi connectivity index (χ4v) is 2.17. The van der Waals surface area contributed by atoms with Crippen molar-refractivity contribution in [3.8, 4) is 11.1 Å². The van der Waals surface area contributed by atoms with Crippen LogP contribution in [0.2, 0.25) is 0 Å². The molecule has 0 atom stereocenters. The summed E-state index contributed by atoms with van der Waals surface area (Å²) in [5, 5.41) is 3.51. The van der Waals surface area contributed by atoms with Gasteiger partial charge in [0.1, 0.15) is 6.54 Å². The van der Waals surface area contributed by atoms with Gasteiger partial charge < -0.3 is 0 Å². The van der Waals surface area contributed by atoms with Crippen molar-refractivity contribution in [3.63, 3.8) is 0 Å². The molecule has 1 aromatic heterocycles. The van der Waals surface area contributed by atoms with E-state index >= 15 is 0 Å². The Kier molecular flexibility index (Phi) is 4.05. The van der Waals surface area contributed by atoms with Gasteiger partial charge in [0.25, 0.3) is 0 Å². The van der Waals surface area contributed by atoms with Crippen LogP contribution in [0.3, 0.4) is 0 Å². The highest BCUT2D eigenvalue weighted by atomic mass is 79.9. The maximum Gasteiger partial charge on any atom is 0.416 e. The number of alkyl halides is 6. The Morgan fingerprint density at radius 2 is 1.76 bits per heavy atom. The lowest BCUT2D eigenvalue weighted by atomic mass is 10.1. The van der Waals surface area contributed by atoms with E-state index in [1.807, 2.05) is 0 Å². The first-order chi connectivity index (χ1) is 9.56. The zero-order chi connectivity index (χ0) is 15.8. The van der Waals surface area contributed by atoms with Crippen molar-refractivity contribution < 1.29 is 26.3 Å². The third-order valence-corrected chi connectivity index (χ3v) is 3.27. The van der Waals surface area contributed by atoms with E-state index in [0.29, 0.717) is 9.15 Å². The van der Waals surface area contributed by atoms with Gasteiger partial charge in [-0.3, -0.25) is 4.68 Å². The molecule has 2 aromatic rings. The van der Waals surface area contributed by atoms with Crippen molar-refractivity contribution in [3.05, 3.63) is 40.6 Å². The quantitative estimate of drug-likeness (QED) is 0.686. The van der Waals surface area contributed by atoms with Gasteiger partial charge in [0.05, 0.1) is 11.8 Å². The maximum absolute atomic E-state index is 12.7. The lowest BCUT2D eigenvalue weighted by Gasteiger charge is -2.09. The number of aromatic nitrogens is 2. The van der Waals surface area contributed by atoms with E-state index in [9.17, 15) is 26.3 Å². The molecular weight excluding hydrogens is 366 g/mol. The van der Waals surface area contributed by atoms with Crippen molar-refractivity contribution in [2.75, 3.05) is 0 Å². The number of hydrogen-bond acceptors (Lipinski definition) is 1. The van der Waals surface area contributed by atoms with Gasteiger partial charge in [-0.2, -0.15) is 31.4 Å². The van der Waals surface area contributed by atoms with Gasteiger partial charge in [0, 0.05) is 16.2 Å². The predicted molar refractivity (Wildman–Crippen MR) is 66.4 cm³/mol. The molecule has 2 nitrogen and oxygen atoms in total. The summed E-state index contributed by atoms with van der Waals surface area (Å²) in [5.41, 5.74) is -0.597. The summed E-state index contributed by atoms with van der Waals surface area (Å²) < 4.78 is 75.6. The summed E-state index contributed by atoms with van der Waals surface area (Å²) in [5.74, 6) is 0. The molecule has 2 rings (SSSR count). The third kappa shape index (κ3) is 3.99. The van der Waals surface area contributed by atoms with Crippen molar-refractivity contribution in [1.29, 1.82) is 0 Å². The average Bonchev–Trinajstić information content (AvgIpc) is 2.73. The second kappa shape index (κ2) is 5.36. The summed E-state index contributed by atoms with van der Waals surface area (Å²) in [6.07, 6.45) is -6.84. The standard InChI is InChI=1S/C12H7BrF6N2/c13-10-2-1-8(12(17,18)19)3-9(10)7-4-20-21(5-7)6-11(14,15)16/h1-5H,6H2. The van der Waals surface area contributed by atoms with E-state index in [1.165, 1.54) is 6.07 Å². The lowest BCUT2D eigenvalue weighted by Crippen LogP contribution is -2.17. The molecule has 9 heteroatoms. The first-order valence-electron chi connectivity index (χ1n) is 5.52. The van der Waals surface area contributed by atoms with Crippen LogP contribution in [0, 0.1) is 0 Å². The van der Waals surface area contributed by atoms with E-state index < -0.39 is 24.5 Å². The minimum atomic E-state index is -4.53. The molecular formula is C12H7BrF6N2. The Morgan fingerprint density at radius 3 is 2.33 bits per heavy atom. The number of hydrogen-bond donors (Lipinski definition) is 0. The molecule has 1 aromatic carbocycles. The first kappa shape index (κ1) is 15.9. The van der Waals surface area contributed by atoms with Crippen LogP contribution in [-0.4, -0.2) is 16.0 Å². The molecule has 0 spiro atoms. The Bertz CT molecular complexity index is 644. The van der Waals surface area contributed by atoms with Gasteiger partial charge in [0.2, 0.25) is 0 Å². The topological polar surface area (TPSA) is 17.8 Å². The van der Waals surface area contributed by atoms with E-state index in [2.05, 4.69) is 21.0 Å². The number of halogens is 7. The smallest absolute Gasteiger partial charge is 0.263 e. The number of rotatable bonds is 2. The number of nitrogens with zero attached hydrogens (tertiary/aromatic N) is 2. The Labute approximate surface area is 123 Å². The summed E-state index contributed by atoms with van der Waals surface area (Å²) in [4.78, 5) is 0. The molecule has 0 aliphatic heterocycles. The molecule has 0 amide bonds. The van der Waals surface area contributed by atoms with Gasteiger partial charge >= 0.3 is 12.4 Å². The van der Waals surface area contributed by atoms with Crippen molar-refractivity contribution >= 4 is 15.9 Å². The molecule has 114 valence electrons. The highest BCUT2D eigenvalue weighted by molar-refractivity contribution is 9.10. The van der Waals surface area contributed by atoms with Gasteiger partial charge in [-0.05, 0) is 23.8 Å². The molecule has 0 aliphatic rings. The molecule has 0 saturated carbocycles. The largest absolute Gasteiger partial charge is 0.416 e. The summed E-state index contributed by atoms with van der Waals surface area (Å²) in [7, 11) is 0. The fraction of sp³-hybridized carbons (Fsp3) is 0.250. The molecule has 21 heavy (non-hydrogen) atoms. The minimum absolute atomic E-state index is 0.123. The van der Waals surface area contributed by atoms with Crippen LogP contribution in [0.1, 0.15) is 5.56 Å². The fourth-order valence-electron chi connectivity index (χ4n) is 1.70. The molecule has 0 radical (unpaired) electrons. The van der Waals surface area contributed by atoms with Gasteiger partial charge in [-0.1, -0.05) is 15.9 Å². The van der Waals surface area contributed by atoms with Crippen LogP contribution in [0.5, 0.6) is 0 Å². The maximum atomic E-state index is 12.7. The van der Waals surface area contributed by atoms with Crippen LogP contribution in [-0.2, 0) is 12.7 Å². The lowest BCUT2D eigenvalue weighted by molar-refractivity contribution is -0.142. The van der Waals surface area contributed by atoms with Crippen molar-refractivity contribution in [2.45, 2.75) is 18.9 Å². The van der Waals surface area contributed by atoms with E-state index in [-0.39, 0.29) is 11.1 Å². The van der Waals surface area contributed by atoms with Crippen molar-refractivity contribution in [2.24, 2.45) is 0 Å². The normalized spacial score (nSPS) is 12.7. The highest BCUT2D eigenvalue weighted by Crippen LogP contribution is 2.36. The second-order valence-corrected chi connectivity index (χ2v) is 5.09. The monoisotopic (exact) mass is 372 g/mol.